The molecule has 20 heavy (non-hydrogen) atoms. The Labute approximate surface area is 119 Å². The molecule has 0 radical (unpaired) electrons. The summed E-state index contributed by atoms with van der Waals surface area (Å²) in [6, 6.07) is 0. The lowest BCUT2D eigenvalue weighted by molar-refractivity contribution is 0.948. The molecular formula is C13H14N6S. The maximum Gasteiger partial charge on any atom is 0.188 e. The van der Waals surface area contributed by atoms with E-state index in [1.165, 1.54) is 0 Å². The average molecular weight is 286 g/mol. The van der Waals surface area contributed by atoms with Crippen molar-refractivity contribution in [2.45, 2.75) is 0 Å². The zero-order valence-corrected chi connectivity index (χ0v) is 12.1. The standard InChI is InChI=1S/C13H14N6S/c1-14-11-8-10(18(2)7-15-8)9-12(17-11)20-13(16-9)19-5-3-4-6-19/h3-4,7H,5-6H2,1-2H3,(H,14,17). The average Bonchev–Trinajstić information content (AvgIpc) is 3.15. The Bertz CT molecular complexity index is 822. The first kappa shape index (κ1) is 11.7. The van der Waals surface area contributed by atoms with Gasteiger partial charge in [-0.2, -0.15) is 0 Å². The molecule has 4 rings (SSSR count). The number of hydrogen-bond acceptors (Lipinski definition) is 6. The summed E-state index contributed by atoms with van der Waals surface area (Å²) in [4.78, 5) is 17.1. The number of hydrogen-bond donors (Lipinski definition) is 1. The highest BCUT2D eigenvalue weighted by atomic mass is 32.1. The van der Waals surface area contributed by atoms with E-state index in [9.17, 15) is 0 Å². The van der Waals surface area contributed by atoms with E-state index in [0.717, 1.165) is 45.4 Å². The number of anilines is 2. The van der Waals surface area contributed by atoms with Crippen LogP contribution in [0.4, 0.5) is 10.9 Å². The van der Waals surface area contributed by atoms with Gasteiger partial charge in [-0.1, -0.05) is 23.5 Å². The number of nitrogens with zero attached hydrogens (tertiary/aromatic N) is 5. The van der Waals surface area contributed by atoms with Gasteiger partial charge in [0.15, 0.2) is 10.9 Å². The van der Waals surface area contributed by atoms with Crippen molar-refractivity contribution < 1.29 is 0 Å². The third-order valence-electron chi connectivity index (χ3n) is 3.52. The molecule has 1 aliphatic rings. The number of imidazole rings is 1. The van der Waals surface area contributed by atoms with Crippen molar-refractivity contribution in [3.63, 3.8) is 0 Å². The molecular weight excluding hydrogens is 272 g/mol. The molecule has 0 unspecified atom stereocenters. The zero-order valence-electron chi connectivity index (χ0n) is 11.3. The highest BCUT2D eigenvalue weighted by Crippen LogP contribution is 2.34. The maximum atomic E-state index is 4.78. The van der Waals surface area contributed by atoms with Gasteiger partial charge in [-0.3, -0.25) is 0 Å². The predicted molar refractivity (Wildman–Crippen MR) is 82.6 cm³/mol. The molecule has 0 amide bonds. The number of pyridine rings is 1. The fourth-order valence-corrected chi connectivity index (χ4v) is 3.48. The molecule has 0 aromatic carbocycles. The minimum atomic E-state index is 0.808. The van der Waals surface area contributed by atoms with E-state index in [4.69, 9.17) is 4.98 Å². The van der Waals surface area contributed by atoms with E-state index in [1.807, 2.05) is 25.0 Å². The van der Waals surface area contributed by atoms with Gasteiger partial charge in [0.25, 0.3) is 0 Å². The molecule has 0 atom stereocenters. The zero-order chi connectivity index (χ0) is 13.7. The Morgan fingerprint density at radius 2 is 2.00 bits per heavy atom. The van der Waals surface area contributed by atoms with Crippen molar-refractivity contribution in [3.05, 3.63) is 18.5 Å². The number of aryl methyl sites for hydroxylation is 1. The second-order valence-electron chi connectivity index (χ2n) is 4.79. The summed E-state index contributed by atoms with van der Waals surface area (Å²) < 4.78 is 2.01. The summed E-state index contributed by atoms with van der Waals surface area (Å²) in [5, 5.41) is 4.14. The first-order valence-electron chi connectivity index (χ1n) is 6.47. The lowest BCUT2D eigenvalue weighted by Crippen LogP contribution is -2.17. The van der Waals surface area contributed by atoms with E-state index in [0.29, 0.717) is 0 Å². The molecule has 0 saturated heterocycles. The van der Waals surface area contributed by atoms with Crippen molar-refractivity contribution in [1.29, 1.82) is 0 Å². The summed E-state index contributed by atoms with van der Waals surface area (Å²) in [6.45, 7) is 1.85. The molecule has 7 heteroatoms. The van der Waals surface area contributed by atoms with Crippen LogP contribution in [0.1, 0.15) is 0 Å². The number of aromatic nitrogens is 4. The molecule has 0 fully saturated rings. The van der Waals surface area contributed by atoms with Gasteiger partial charge in [0.05, 0.1) is 6.33 Å². The van der Waals surface area contributed by atoms with Crippen LogP contribution in [0.15, 0.2) is 18.5 Å². The van der Waals surface area contributed by atoms with Crippen molar-refractivity contribution in [3.8, 4) is 0 Å². The fourth-order valence-electron chi connectivity index (χ4n) is 2.51. The fraction of sp³-hybridized carbons (Fsp3) is 0.308. The van der Waals surface area contributed by atoms with Crippen LogP contribution in [0, 0.1) is 0 Å². The molecule has 1 aliphatic heterocycles. The molecule has 102 valence electrons. The number of fused-ring (bicyclic) bond motifs is 3. The minimum Gasteiger partial charge on any atom is -0.371 e. The van der Waals surface area contributed by atoms with Gasteiger partial charge in [-0.15, -0.1) is 0 Å². The normalized spacial score (nSPS) is 14.8. The smallest absolute Gasteiger partial charge is 0.188 e. The van der Waals surface area contributed by atoms with Gasteiger partial charge in [-0.05, 0) is 0 Å². The second kappa shape index (κ2) is 4.17. The van der Waals surface area contributed by atoms with Crippen molar-refractivity contribution in [2.24, 2.45) is 7.05 Å². The third-order valence-corrected chi connectivity index (χ3v) is 4.53. The van der Waals surface area contributed by atoms with Crippen molar-refractivity contribution in [1.82, 2.24) is 19.5 Å². The van der Waals surface area contributed by atoms with Gasteiger partial charge in [0.1, 0.15) is 21.4 Å². The number of rotatable bonds is 2. The van der Waals surface area contributed by atoms with Crippen molar-refractivity contribution >= 4 is 43.7 Å². The lowest BCUT2D eigenvalue weighted by atomic mass is 10.3. The van der Waals surface area contributed by atoms with Crippen LogP contribution in [-0.4, -0.2) is 39.7 Å². The van der Waals surface area contributed by atoms with Crippen LogP contribution in [0.2, 0.25) is 0 Å². The molecule has 0 spiro atoms. The number of thiazole rings is 1. The molecule has 4 heterocycles. The monoisotopic (exact) mass is 286 g/mol. The van der Waals surface area contributed by atoms with E-state index < -0.39 is 0 Å². The predicted octanol–water partition coefficient (Wildman–Crippen LogP) is 2.00. The van der Waals surface area contributed by atoms with Gasteiger partial charge in [-0.25, -0.2) is 15.0 Å². The molecule has 6 nitrogen and oxygen atoms in total. The SMILES string of the molecule is CNc1nc2sc(N3CC=CC3)nc2c2c1ncn2C. The Morgan fingerprint density at radius 1 is 1.20 bits per heavy atom. The van der Waals surface area contributed by atoms with Gasteiger partial charge in [0, 0.05) is 27.2 Å². The third kappa shape index (κ3) is 1.53. The Hall–Kier alpha value is -2.15. The highest BCUT2D eigenvalue weighted by molar-refractivity contribution is 7.22. The van der Waals surface area contributed by atoms with Crippen LogP contribution in [0.5, 0.6) is 0 Å². The maximum absolute atomic E-state index is 4.78. The number of nitrogens with one attached hydrogen (secondary N) is 1. The molecule has 0 saturated carbocycles. The van der Waals surface area contributed by atoms with Gasteiger partial charge < -0.3 is 14.8 Å². The summed E-state index contributed by atoms with van der Waals surface area (Å²) in [7, 11) is 3.86. The van der Waals surface area contributed by atoms with Crippen LogP contribution in [0.25, 0.3) is 21.4 Å². The Morgan fingerprint density at radius 3 is 2.75 bits per heavy atom. The van der Waals surface area contributed by atoms with Gasteiger partial charge in [0.2, 0.25) is 0 Å². The van der Waals surface area contributed by atoms with E-state index >= 15 is 0 Å². The molecule has 3 aromatic heterocycles. The topological polar surface area (TPSA) is 58.9 Å². The molecule has 3 aromatic rings. The summed E-state index contributed by atoms with van der Waals surface area (Å²) in [5.74, 6) is 0.808. The molecule has 0 bridgehead atoms. The molecule has 1 N–H and O–H groups in total. The van der Waals surface area contributed by atoms with Crippen LogP contribution in [-0.2, 0) is 7.05 Å². The van der Waals surface area contributed by atoms with Crippen LogP contribution >= 0.6 is 11.3 Å². The second-order valence-corrected chi connectivity index (χ2v) is 5.75. The minimum absolute atomic E-state index is 0.808. The first-order valence-corrected chi connectivity index (χ1v) is 7.29. The largest absolute Gasteiger partial charge is 0.371 e. The Kier molecular flexibility index (Phi) is 2.43. The lowest BCUT2D eigenvalue weighted by Gasteiger charge is -2.11. The highest BCUT2D eigenvalue weighted by Gasteiger charge is 2.19. The van der Waals surface area contributed by atoms with Crippen molar-refractivity contribution in [2.75, 3.05) is 30.4 Å². The summed E-state index contributed by atoms with van der Waals surface area (Å²) >= 11 is 1.63. The first-order chi connectivity index (χ1) is 9.78. The summed E-state index contributed by atoms with van der Waals surface area (Å²) in [5.41, 5.74) is 2.85. The van der Waals surface area contributed by atoms with Gasteiger partial charge >= 0.3 is 0 Å². The van der Waals surface area contributed by atoms with E-state index in [-0.39, 0.29) is 0 Å². The van der Waals surface area contributed by atoms with Crippen LogP contribution in [0.3, 0.4) is 0 Å². The Balaban J connectivity index is 2.00. The summed E-state index contributed by atoms with van der Waals surface area (Å²) in [6.07, 6.45) is 6.14. The quantitative estimate of drug-likeness (QED) is 0.730. The molecule has 0 aliphatic carbocycles. The van der Waals surface area contributed by atoms with E-state index in [2.05, 4.69) is 32.3 Å². The van der Waals surface area contributed by atoms with Crippen LogP contribution < -0.4 is 10.2 Å². The van der Waals surface area contributed by atoms with E-state index in [1.54, 1.807) is 11.3 Å².